The smallest absolute Gasteiger partial charge is 0.0582 e. The number of aliphatic hydroxyl groups excluding tert-OH is 1. The number of nitrogens with two attached hydrogens (primary N) is 1. The van der Waals surface area contributed by atoms with Gasteiger partial charge in [0.2, 0.25) is 0 Å². The van der Waals surface area contributed by atoms with Gasteiger partial charge >= 0.3 is 0 Å². The van der Waals surface area contributed by atoms with Crippen LogP contribution in [0.25, 0.3) is 0 Å². The average molecular weight is 157 g/mol. The molecule has 1 aliphatic rings. The maximum Gasteiger partial charge on any atom is 0.0582 e. The van der Waals surface area contributed by atoms with E-state index >= 15 is 0 Å². The molecule has 0 spiro atoms. The van der Waals surface area contributed by atoms with Crippen LogP contribution in [0.15, 0.2) is 0 Å². The Balaban J connectivity index is 2.01. The molecule has 0 bridgehead atoms. The van der Waals surface area contributed by atoms with Crippen LogP contribution in [-0.4, -0.2) is 17.8 Å². The van der Waals surface area contributed by atoms with Gasteiger partial charge in [-0.1, -0.05) is 25.7 Å². The molecule has 3 N–H and O–H groups in total. The summed E-state index contributed by atoms with van der Waals surface area (Å²) in [5, 5.41) is 8.68. The molecule has 1 rings (SSSR count). The molecule has 0 aromatic carbocycles. The number of aliphatic hydroxyl groups is 1. The lowest BCUT2D eigenvalue weighted by atomic mass is 9.99. The lowest BCUT2D eigenvalue weighted by molar-refractivity contribution is 0.252. The maximum atomic E-state index is 8.68. The molecule has 0 amide bonds. The van der Waals surface area contributed by atoms with Crippen molar-refractivity contribution in [2.24, 2.45) is 11.7 Å². The van der Waals surface area contributed by atoms with E-state index in [4.69, 9.17) is 10.8 Å². The first kappa shape index (κ1) is 9.01. The van der Waals surface area contributed by atoms with E-state index in [2.05, 4.69) is 0 Å². The predicted octanol–water partition coefficient (Wildman–Crippen LogP) is 1.28. The van der Waals surface area contributed by atoms with Crippen LogP contribution in [0.1, 0.15) is 38.5 Å². The molecule has 66 valence electrons. The first-order valence-electron chi connectivity index (χ1n) is 4.69. The van der Waals surface area contributed by atoms with Crippen LogP contribution in [0.5, 0.6) is 0 Å². The van der Waals surface area contributed by atoms with Gasteiger partial charge in [0.05, 0.1) is 6.61 Å². The number of hydrogen-bond donors (Lipinski definition) is 2. The summed E-state index contributed by atoms with van der Waals surface area (Å²) < 4.78 is 0. The van der Waals surface area contributed by atoms with Gasteiger partial charge in [0.25, 0.3) is 0 Å². The van der Waals surface area contributed by atoms with Crippen molar-refractivity contribution in [3.63, 3.8) is 0 Å². The van der Waals surface area contributed by atoms with Gasteiger partial charge in [-0.15, -0.1) is 0 Å². The summed E-state index contributed by atoms with van der Waals surface area (Å²) in [5.74, 6) is 0.910. The first-order valence-corrected chi connectivity index (χ1v) is 4.69. The minimum atomic E-state index is 0.0237. The molecule has 0 radical (unpaired) electrons. The third-order valence-corrected chi connectivity index (χ3v) is 2.65. The Labute approximate surface area is 68.8 Å². The van der Waals surface area contributed by atoms with Crippen LogP contribution in [0.3, 0.4) is 0 Å². The van der Waals surface area contributed by atoms with E-state index in [0.29, 0.717) is 0 Å². The van der Waals surface area contributed by atoms with Crippen molar-refractivity contribution in [1.29, 1.82) is 0 Å². The van der Waals surface area contributed by atoms with Crippen molar-refractivity contribution >= 4 is 0 Å². The minimum Gasteiger partial charge on any atom is -0.395 e. The Hall–Kier alpha value is -0.0800. The highest BCUT2D eigenvalue weighted by Crippen LogP contribution is 2.28. The average Bonchev–Trinajstić information content (AvgIpc) is 2.52. The summed E-state index contributed by atoms with van der Waals surface area (Å²) in [7, 11) is 0. The molecule has 2 nitrogen and oxygen atoms in total. The van der Waals surface area contributed by atoms with E-state index in [9.17, 15) is 0 Å². The van der Waals surface area contributed by atoms with Crippen molar-refractivity contribution in [3.05, 3.63) is 0 Å². The molecular weight excluding hydrogens is 138 g/mol. The summed E-state index contributed by atoms with van der Waals surface area (Å²) in [6.45, 7) is 0.146. The van der Waals surface area contributed by atoms with Gasteiger partial charge in [-0.2, -0.15) is 0 Å². The highest BCUT2D eigenvalue weighted by atomic mass is 16.3. The summed E-state index contributed by atoms with van der Waals surface area (Å²) in [5.41, 5.74) is 5.60. The molecule has 1 fully saturated rings. The molecule has 11 heavy (non-hydrogen) atoms. The van der Waals surface area contributed by atoms with E-state index in [1.807, 2.05) is 0 Å². The predicted molar refractivity (Wildman–Crippen MR) is 46.3 cm³/mol. The number of hydrogen-bond acceptors (Lipinski definition) is 2. The monoisotopic (exact) mass is 157 g/mol. The Kier molecular flexibility index (Phi) is 3.87. The van der Waals surface area contributed by atoms with Gasteiger partial charge < -0.3 is 10.8 Å². The second-order valence-electron chi connectivity index (χ2n) is 3.67. The topological polar surface area (TPSA) is 46.2 Å². The van der Waals surface area contributed by atoms with Crippen molar-refractivity contribution in [1.82, 2.24) is 0 Å². The molecule has 0 saturated heterocycles. The third-order valence-electron chi connectivity index (χ3n) is 2.65. The molecule has 0 heterocycles. The SMILES string of the molecule is NC(CO)CCC1CCCC1. The highest BCUT2D eigenvalue weighted by Gasteiger charge is 2.15. The van der Waals surface area contributed by atoms with Crippen LogP contribution in [-0.2, 0) is 0 Å². The summed E-state index contributed by atoms with van der Waals surface area (Å²) in [6, 6.07) is 0.0237. The van der Waals surface area contributed by atoms with Gasteiger partial charge in [-0.3, -0.25) is 0 Å². The molecule has 0 aromatic rings. The van der Waals surface area contributed by atoms with E-state index < -0.39 is 0 Å². The van der Waals surface area contributed by atoms with Crippen molar-refractivity contribution in [2.75, 3.05) is 6.61 Å². The molecular formula is C9H19NO. The molecule has 0 aliphatic heterocycles. The number of rotatable bonds is 4. The van der Waals surface area contributed by atoms with E-state index in [1.54, 1.807) is 0 Å². The fraction of sp³-hybridized carbons (Fsp3) is 1.00. The van der Waals surface area contributed by atoms with Crippen LogP contribution in [0.4, 0.5) is 0 Å². The quantitative estimate of drug-likeness (QED) is 0.645. The first-order chi connectivity index (χ1) is 5.33. The maximum absolute atomic E-state index is 8.68. The molecule has 1 aliphatic carbocycles. The zero-order chi connectivity index (χ0) is 8.10. The van der Waals surface area contributed by atoms with Crippen LogP contribution in [0.2, 0.25) is 0 Å². The zero-order valence-corrected chi connectivity index (χ0v) is 7.13. The second-order valence-corrected chi connectivity index (χ2v) is 3.67. The normalized spacial score (nSPS) is 22.4. The van der Waals surface area contributed by atoms with Gasteiger partial charge in [-0.05, 0) is 18.8 Å². The van der Waals surface area contributed by atoms with Gasteiger partial charge in [0.1, 0.15) is 0 Å². The minimum absolute atomic E-state index is 0.0237. The van der Waals surface area contributed by atoms with Crippen molar-refractivity contribution in [2.45, 2.75) is 44.6 Å². The summed E-state index contributed by atoms with van der Waals surface area (Å²) >= 11 is 0. The molecule has 1 atom stereocenters. The Morgan fingerprint density at radius 2 is 2.00 bits per heavy atom. The molecule has 1 unspecified atom stereocenters. The second kappa shape index (κ2) is 4.73. The van der Waals surface area contributed by atoms with E-state index in [0.717, 1.165) is 12.3 Å². The molecule has 2 heteroatoms. The summed E-state index contributed by atoms with van der Waals surface area (Å²) in [4.78, 5) is 0. The summed E-state index contributed by atoms with van der Waals surface area (Å²) in [6.07, 6.45) is 7.80. The fourth-order valence-electron chi connectivity index (χ4n) is 1.84. The van der Waals surface area contributed by atoms with Crippen molar-refractivity contribution in [3.8, 4) is 0 Å². The third kappa shape index (κ3) is 3.21. The highest BCUT2D eigenvalue weighted by molar-refractivity contribution is 4.70. The van der Waals surface area contributed by atoms with Crippen molar-refractivity contribution < 1.29 is 5.11 Å². The van der Waals surface area contributed by atoms with Gasteiger partial charge in [-0.25, -0.2) is 0 Å². The molecule has 0 aromatic heterocycles. The molecule has 1 saturated carbocycles. The van der Waals surface area contributed by atoms with Gasteiger partial charge in [0, 0.05) is 6.04 Å². The largest absolute Gasteiger partial charge is 0.395 e. The van der Waals surface area contributed by atoms with E-state index in [-0.39, 0.29) is 12.6 Å². The standard InChI is InChI=1S/C9H19NO/c10-9(7-11)6-5-8-3-1-2-4-8/h8-9,11H,1-7,10H2. The fourth-order valence-corrected chi connectivity index (χ4v) is 1.84. The Bertz CT molecular complexity index is 99.7. The van der Waals surface area contributed by atoms with E-state index in [1.165, 1.54) is 32.1 Å². The van der Waals surface area contributed by atoms with Crippen LogP contribution >= 0.6 is 0 Å². The van der Waals surface area contributed by atoms with Crippen LogP contribution < -0.4 is 5.73 Å². The lowest BCUT2D eigenvalue weighted by Gasteiger charge is -2.11. The zero-order valence-electron chi connectivity index (χ0n) is 7.13. The van der Waals surface area contributed by atoms with Crippen LogP contribution in [0, 0.1) is 5.92 Å². The lowest BCUT2D eigenvalue weighted by Crippen LogP contribution is -2.24. The Morgan fingerprint density at radius 1 is 1.36 bits per heavy atom. The Morgan fingerprint density at radius 3 is 2.55 bits per heavy atom. The van der Waals surface area contributed by atoms with Gasteiger partial charge in [0.15, 0.2) is 0 Å².